The quantitative estimate of drug-likeness (QED) is 0.809. The van der Waals surface area contributed by atoms with Gasteiger partial charge in [-0.3, -0.25) is 4.90 Å². The summed E-state index contributed by atoms with van der Waals surface area (Å²) < 4.78 is 25.9. The Morgan fingerprint density at radius 2 is 1.76 bits per heavy atom. The number of anilines is 1. The van der Waals surface area contributed by atoms with Crippen LogP contribution in [0.3, 0.4) is 0 Å². The van der Waals surface area contributed by atoms with Gasteiger partial charge in [-0.1, -0.05) is 25.7 Å². The van der Waals surface area contributed by atoms with E-state index in [0.29, 0.717) is 0 Å². The van der Waals surface area contributed by atoms with Crippen LogP contribution in [0, 0.1) is 0 Å². The standard InChI is InChI=1S/C18H30N4O2S/c1-19-25(23,24)16-8-9-17(20-14-16)21-15-18(10-4-2-5-11-18)22-12-6-3-7-13-22/h8-9,14,19H,2-7,10-13,15H2,1H3,(H,20,21). The van der Waals surface area contributed by atoms with Gasteiger partial charge in [0.15, 0.2) is 0 Å². The van der Waals surface area contributed by atoms with Crippen LogP contribution in [0.15, 0.2) is 23.2 Å². The molecule has 0 atom stereocenters. The SMILES string of the molecule is CNS(=O)(=O)c1ccc(NCC2(N3CCCCC3)CCCCC2)nc1. The molecule has 0 unspecified atom stereocenters. The summed E-state index contributed by atoms with van der Waals surface area (Å²) in [4.78, 5) is 7.20. The summed E-state index contributed by atoms with van der Waals surface area (Å²) >= 11 is 0. The molecule has 2 heterocycles. The molecule has 0 aromatic carbocycles. The fourth-order valence-corrected chi connectivity index (χ4v) is 4.87. The molecule has 1 aromatic heterocycles. The Kier molecular flexibility index (Phi) is 5.96. The first-order valence-corrected chi connectivity index (χ1v) is 10.9. The summed E-state index contributed by atoms with van der Waals surface area (Å²) in [5.41, 5.74) is 0.232. The summed E-state index contributed by atoms with van der Waals surface area (Å²) in [7, 11) is -2.02. The average Bonchev–Trinajstić information content (AvgIpc) is 2.68. The molecule has 25 heavy (non-hydrogen) atoms. The lowest BCUT2D eigenvalue weighted by Crippen LogP contribution is -2.56. The number of sulfonamides is 1. The van der Waals surface area contributed by atoms with Gasteiger partial charge in [-0.15, -0.1) is 0 Å². The number of aromatic nitrogens is 1. The Bertz CT molecular complexity index is 648. The topological polar surface area (TPSA) is 74.3 Å². The third-order valence-corrected chi connectivity index (χ3v) is 7.12. The molecule has 1 aromatic rings. The zero-order chi connectivity index (χ0) is 17.8. The van der Waals surface area contributed by atoms with Gasteiger partial charge < -0.3 is 5.32 Å². The Morgan fingerprint density at radius 1 is 1.08 bits per heavy atom. The Labute approximate surface area is 151 Å². The van der Waals surface area contributed by atoms with Crippen LogP contribution in [0.4, 0.5) is 5.82 Å². The van der Waals surface area contributed by atoms with Gasteiger partial charge in [0, 0.05) is 18.3 Å². The van der Waals surface area contributed by atoms with E-state index in [2.05, 4.69) is 19.9 Å². The van der Waals surface area contributed by atoms with Gasteiger partial charge in [0.25, 0.3) is 0 Å². The van der Waals surface area contributed by atoms with E-state index in [1.807, 2.05) is 0 Å². The van der Waals surface area contributed by atoms with Crippen molar-refractivity contribution in [1.29, 1.82) is 0 Å². The first-order chi connectivity index (χ1) is 12.1. The van der Waals surface area contributed by atoms with E-state index in [-0.39, 0.29) is 10.4 Å². The van der Waals surface area contributed by atoms with E-state index in [1.54, 1.807) is 12.1 Å². The van der Waals surface area contributed by atoms with Crippen molar-refractivity contribution in [3.63, 3.8) is 0 Å². The van der Waals surface area contributed by atoms with Crippen LogP contribution < -0.4 is 10.0 Å². The molecule has 0 spiro atoms. The van der Waals surface area contributed by atoms with Crippen molar-refractivity contribution in [2.45, 2.75) is 61.8 Å². The summed E-state index contributed by atoms with van der Waals surface area (Å²) in [5, 5.41) is 3.48. The molecule has 0 amide bonds. The second-order valence-corrected chi connectivity index (χ2v) is 9.16. The van der Waals surface area contributed by atoms with Crippen LogP contribution in [0.1, 0.15) is 51.4 Å². The molecule has 3 rings (SSSR count). The highest BCUT2D eigenvalue weighted by Crippen LogP contribution is 2.35. The molecule has 2 fully saturated rings. The zero-order valence-corrected chi connectivity index (χ0v) is 15.9. The van der Waals surface area contributed by atoms with Gasteiger partial charge in [0.1, 0.15) is 10.7 Å². The summed E-state index contributed by atoms with van der Waals surface area (Å²) in [6.07, 6.45) is 11.8. The van der Waals surface area contributed by atoms with E-state index >= 15 is 0 Å². The van der Waals surface area contributed by atoms with Gasteiger partial charge in [0.05, 0.1) is 0 Å². The molecule has 0 radical (unpaired) electrons. The fraction of sp³-hybridized carbons (Fsp3) is 0.722. The maximum absolute atomic E-state index is 11.8. The zero-order valence-electron chi connectivity index (χ0n) is 15.1. The first-order valence-electron chi connectivity index (χ1n) is 9.44. The summed E-state index contributed by atoms with van der Waals surface area (Å²) in [5.74, 6) is 0.747. The van der Waals surface area contributed by atoms with E-state index in [9.17, 15) is 8.42 Å². The number of rotatable bonds is 6. The molecule has 1 saturated heterocycles. The third-order valence-electron chi connectivity index (χ3n) is 5.73. The minimum absolute atomic E-state index is 0.198. The van der Waals surface area contributed by atoms with Gasteiger partial charge in [0.2, 0.25) is 10.0 Å². The molecule has 0 bridgehead atoms. The van der Waals surface area contributed by atoms with Crippen LogP contribution in [-0.2, 0) is 10.0 Å². The number of hydrogen-bond donors (Lipinski definition) is 2. The molecular weight excluding hydrogens is 336 g/mol. The third kappa shape index (κ3) is 4.33. The lowest BCUT2D eigenvalue weighted by Gasteiger charge is -2.48. The van der Waals surface area contributed by atoms with Gasteiger partial charge in [-0.05, 0) is 58.0 Å². The normalized spacial score (nSPS) is 21.8. The number of likely N-dealkylation sites (tertiary alicyclic amines) is 1. The number of piperidine rings is 1. The van der Waals surface area contributed by atoms with Crippen LogP contribution in [0.5, 0.6) is 0 Å². The maximum atomic E-state index is 11.8. The van der Waals surface area contributed by atoms with Crippen LogP contribution in [0.2, 0.25) is 0 Å². The lowest BCUT2D eigenvalue weighted by atomic mass is 9.79. The monoisotopic (exact) mass is 366 g/mol. The molecule has 1 aliphatic heterocycles. The van der Waals surface area contributed by atoms with Crippen LogP contribution in [0.25, 0.3) is 0 Å². The first kappa shape index (κ1) is 18.6. The van der Waals surface area contributed by atoms with Crippen molar-refractivity contribution in [2.24, 2.45) is 0 Å². The van der Waals surface area contributed by atoms with Crippen molar-refractivity contribution in [1.82, 2.24) is 14.6 Å². The van der Waals surface area contributed by atoms with Crippen LogP contribution in [-0.4, -0.2) is 50.5 Å². The highest BCUT2D eigenvalue weighted by atomic mass is 32.2. The minimum atomic E-state index is -3.43. The van der Waals surface area contributed by atoms with Crippen molar-refractivity contribution in [3.05, 3.63) is 18.3 Å². The molecule has 1 saturated carbocycles. The summed E-state index contributed by atoms with van der Waals surface area (Å²) in [6, 6.07) is 3.37. The van der Waals surface area contributed by atoms with Crippen molar-refractivity contribution in [2.75, 3.05) is 32.0 Å². The predicted molar refractivity (Wildman–Crippen MR) is 100 cm³/mol. The molecular formula is C18H30N4O2S. The Morgan fingerprint density at radius 3 is 2.36 bits per heavy atom. The van der Waals surface area contributed by atoms with E-state index in [1.165, 1.54) is 77.7 Å². The second kappa shape index (κ2) is 8.01. The van der Waals surface area contributed by atoms with Gasteiger partial charge in [-0.2, -0.15) is 0 Å². The van der Waals surface area contributed by atoms with E-state index < -0.39 is 10.0 Å². The smallest absolute Gasteiger partial charge is 0.241 e. The van der Waals surface area contributed by atoms with Crippen molar-refractivity contribution >= 4 is 15.8 Å². The van der Waals surface area contributed by atoms with Gasteiger partial charge >= 0.3 is 0 Å². The van der Waals surface area contributed by atoms with Gasteiger partial charge in [-0.25, -0.2) is 18.1 Å². The Hall–Kier alpha value is -1.18. The lowest BCUT2D eigenvalue weighted by molar-refractivity contribution is 0.0437. The van der Waals surface area contributed by atoms with Crippen LogP contribution >= 0.6 is 0 Å². The highest BCUT2D eigenvalue weighted by Gasteiger charge is 2.38. The van der Waals surface area contributed by atoms with E-state index in [0.717, 1.165) is 12.4 Å². The number of hydrogen-bond acceptors (Lipinski definition) is 5. The second-order valence-electron chi connectivity index (χ2n) is 7.27. The average molecular weight is 367 g/mol. The molecule has 2 aliphatic rings. The molecule has 1 aliphatic carbocycles. The largest absolute Gasteiger partial charge is 0.368 e. The Balaban J connectivity index is 1.68. The molecule has 140 valence electrons. The summed E-state index contributed by atoms with van der Waals surface area (Å²) in [6.45, 7) is 3.29. The minimum Gasteiger partial charge on any atom is -0.368 e. The molecule has 6 nitrogen and oxygen atoms in total. The fourth-order valence-electron chi connectivity index (χ4n) is 4.20. The number of pyridine rings is 1. The predicted octanol–water partition coefficient (Wildman–Crippen LogP) is 2.59. The highest BCUT2D eigenvalue weighted by molar-refractivity contribution is 7.89. The van der Waals surface area contributed by atoms with Crippen molar-refractivity contribution < 1.29 is 8.42 Å². The number of nitrogens with zero attached hydrogens (tertiary/aromatic N) is 2. The maximum Gasteiger partial charge on any atom is 0.241 e. The van der Waals surface area contributed by atoms with E-state index in [4.69, 9.17) is 0 Å². The molecule has 2 N–H and O–H groups in total. The number of nitrogens with one attached hydrogen (secondary N) is 2. The molecule has 7 heteroatoms. The van der Waals surface area contributed by atoms with Crippen molar-refractivity contribution in [3.8, 4) is 0 Å².